The molecule has 0 saturated carbocycles. The van der Waals surface area contributed by atoms with Crippen LogP contribution < -0.4 is 10.9 Å². The summed E-state index contributed by atoms with van der Waals surface area (Å²) >= 11 is 1.33. The van der Waals surface area contributed by atoms with Gasteiger partial charge in [0.2, 0.25) is 5.91 Å². The smallest absolute Gasteiger partial charge is 0.262 e. The molecule has 0 bridgehead atoms. The van der Waals surface area contributed by atoms with Crippen molar-refractivity contribution in [1.82, 2.24) is 19.8 Å². The molecule has 0 aliphatic carbocycles. The van der Waals surface area contributed by atoms with Gasteiger partial charge in [-0.1, -0.05) is 54.2 Å². The first-order chi connectivity index (χ1) is 15.8. The van der Waals surface area contributed by atoms with Gasteiger partial charge >= 0.3 is 0 Å². The predicted molar refractivity (Wildman–Crippen MR) is 137 cm³/mol. The van der Waals surface area contributed by atoms with E-state index in [-0.39, 0.29) is 16.7 Å². The van der Waals surface area contributed by atoms with Crippen LogP contribution in [0, 0.1) is 0 Å². The number of thioether (sulfide) groups is 1. The first-order valence-corrected chi connectivity index (χ1v) is 12.4. The summed E-state index contributed by atoms with van der Waals surface area (Å²) in [6.07, 6.45) is 0. The molecular weight excluding hydrogens is 432 g/mol. The number of aromatic nitrogens is 2. The van der Waals surface area contributed by atoms with Crippen molar-refractivity contribution in [2.75, 3.05) is 6.54 Å². The van der Waals surface area contributed by atoms with Crippen LogP contribution in [0.3, 0.4) is 0 Å². The summed E-state index contributed by atoms with van der Waals surface area (Å²) in [4.78, 5) is 33.2. The van der Waals surface area contributed by atoms with Gasteiger partial charge in [-0.25, -0.2) is 4.98 Å². The largest absolute Gasteiger partial charge is 0.351 e. The lowest BCUT2D eigenvalue weighted by Crippen LogP contribution is -2.41. The molecule has 1 amide bonds. The van der Waals surface area contributed by atoms with E-state index in [0.29, 0.717) is 41.2 Å². The lowest BCUT2D eigenvalue weighted by atomic mass is 10.2. The molecule has 0 spiro atoms. The van der Waals surface area contributed by atoms with E-state index < -0.39 is 0 Å². The predicted octanol–water partition coefficient (Wildman–Crippen LogP) is 4.31. The zero-order valence-corrected chi connectivity index (χ0v) is 20.9. The van der Waals surface area contributed by atoms with Gasteiger partial charge in [0.25, 0.3) is 5.56 Å². The third-order valence-electron chi connectivity index (χ3n) is 5.70. The molecule has 33 heavy (non-hydrogen) atoms. The molecule has 6 nitrogen and oxygen atoms in total. The number of carbonyl (C=O) groups excluding carboxylic acids is 1. The fourth-order valence-electron chi connectivity index (χ4n) is 3.90. The normalized spacial score (nSPS) is 12.6. The minimum atomic E-state index is -0.390. The van der Waals surface area contributed by atoms with Crippen LogP contribution >= 0.6 is 11.8 Å². The Bertz CT molecular complexity index is 1120. The Morgan fingerprint density at radius 1 is 1.00 bits per heavy atom. The summed E-state index contributed by atoms with van der Waals surface area (Å²) in [5.74, 6) is -0.0798. The average Bonchev–Trinajstić information content (AvgIpc) is 2.79. The number of hydrogen-bond donors (Lipinski definition) is 1. The third-order valence-corrected chi connectivity index (χ3v) is 6.79. The first kappa shape index (κ1) is 25.0. The second-order valence-corrected chi connectivity index (χ2v) is 10.1. The van der Waals surface area contributed by atoms with Crippen molar-refractivity contribution < 1.29 is 4.79 Å². The van der Waals surface area contributed by atoms with Gasteiger partial charge in [0.05, 0.1) is 16.2 Å². The van der Waals surface area contributed by atoms with Crippen LogP contribution in [0.4, 0.5) is 0 Å². The Labute approximate surface area is 200 Å². The summed E-state index contributed by atoms with van der Waals surface area (Å²) < 4.78 is 1.73. The Kier molecular flexibility index (Phi) is 8.69. The number of hydrogen-bond acceptors (Lipinski definition) is 5. The molecule has 1 unspecified atom stereocenters. The number of amides is 1. The Balaban J connectivity index is 1.83. The second-order valence-electron chi connectivity index (χ2n) is 8.76. The summed E-state index contributed by atoms with van der Waals surface area (Å²) in [5.41, 5.74) is 1.64. The minimum Gasteiger partial charge on any atom is -0.351 e. The highest BCUT2D eigenvalue weighted by molar-refractivity contribution is 8.00. The molecule has 0 aliphatic rings. The number of benzene rings is 2. The van der Waals surface area contributed by atoms with Crippen molar-refractivity contribution in [3.05, 3.63) is 70.5 Å². The number of para-hydroxylation sites is 1. The van der Waals surface area contributed by atoms with E-state index in [1.54, 1.807) is 4.57 Å². The average molecular weight is 467 g/mol. The molecule has 2 aromatic carbocycles. The highest BCUT2D eigenvalue weighted by Gasteiger charge is 2.21. The molecule has 0 aliphatic heterocycles. The van der Waals surface area contributed by atoms with E-state index in [2.05, 4.69) is 37.9 Å². The molecule has 7 heteroatoms. The molecule has 1 N–H and O–H groups in total. The van der Waals surface area contributed by atoms with Crippen molar-refractivity contribution in [2.45, 2.75) is 70.2 Å². The highest BCUT2D eigenvalue weighted by atomic mass is 32.2. The van der Waals surface area contributed by atoms with Crippen molar-refractivity contribution in [2.24, 2.45) is 0 Å². The maximum absolute atomic E-state index is 13.4. The molecular formula is C26H34N4O2S. The molecule has 176 valence electrons. The van der Waals surface area contributed by atoms with Crippen LogP contribution in [0.5, 0.6) is 0 Å². The fourth-order valence-corrected chi connectivity index (χ4v) is 4.86. The van der Waals surface area contributed by atoms with E-state index in [9.17, 15) is 9.59 Å². The number of fused-ring (bicyclic) bond motifs is 1. The summed E-state index contributed by atoms with van der Waals surface area (Å²) in [6, 6.07) is 18.0. The molecule has 0 radical (unpaired) electrons. The zero-order valence-electron chi connectivity index (χ0n) is 20.1. The highest BCUT2D eigenvalue weighted by Crippen LogP contribution is 2.23. The third kappa shape index (κ3) is 6.45. The van der Waals surface area contributed by atoms with Gasteiger partial charge in [-0.2, -0.15) is 0 Å². The van der Waals surface area contributed by atoms with Gasteiger partial charge in [-0.15, -0.1) is 0 Å². The van der Waals surface area contributed by atoms with Crippen LogP contribution in [0.2, 0.25) is 0 Å². The summed E-state index contributed by atoms with van der Waals surface area (Å²) in [5, 5.41) is 3.78. The van der Waals surface area contributed by atoms with Gasteiger partial charge in [0, 0.05) is 31.7 Å². The van der Waals surface area contributed by atoms with Crippen LogP contribution in [0.15, 0.2) is 64.5 Å². The number of rotatable bonds is 10. The topological polar surface area (TPSA) is 67.2 Å². The maximum Gasteiger partial charge on any atom is 0.262 e. The molecule has 0 fully saturated rings. The zero-order chi connectivity index (χ0) is 24.0. The van der Waals surface area contributed by atoms with E-state index in [4.69, 9.17) is 4.98 Å². The quantitative estimate of drug-likeness (QED) is 0.356. The van der Waals surface area contributed by atoms with Gasteiger partial charge < -0.3 is 5.32 Å². The first-order valence-electron chi connectivity index (χ1n) is 11.5. The summed E-state index contributed by atoms with van der Waals surface area (Å²) in [7, 11) is 0. The van der Waals surface area contributed by atoms with Gasteiger partial charge in [-0.3, -0.25) is 19.1 Å². The SMILES string of the molecule is CC(Sc1nc2ccccc2c(=O)n1CCN(C(C)C)C(C)C)C(=O)NCc1ccccc1. The van der Waals surface area contributed by atoms with Crippen molar-refractivity contribution in [1.29, 1.82) is 0 Å². The van der Waals surface area contributed by atoms with Gasteiger partial charge in [-0.05, 0) is 52.3 Å². The van der Waals surface area contributed by atoms with Crippen LogP contribution in [0.1, 0.15) is 40.2 Å². The molecule has 3 aromatic rings. The lowest BCUT2D eigenvalue weighted by Gasteiger charge is -2.31. The number of nitrogens with zero attached hydrogens (tertiary/aromatic N) is 3. The number of carbonyl (C=O) groups is 1. The lowest BCUT2D eigenvalue weighted by molar-refractivity contribution is -0.120. The molecule has 3 rings (SSSR count). The Morgan fingerprint density at radius 3 is 2.30 bits per heavy atom. The van der Waals surface area contributed by atoms with Gasteiger partial charge in [0.15, 0.2) is 5.16 Å². The molecule has 1 heterocycles. The monoisotopic (exact) mass is 466 g/mol. The van der Waals surface area contributed by atoms with E-state index in [1.807, 2.05) is 61.5 Å². The molecule has 0 saturated heterocycles. The van der Waals surface area contributed by atoms with Crippen molar-refractivity contribution in [3.63, 3.8) is 0 Å². The van der Waals surface area contributed by atoms with Crippen molar-refractivity contribution in [3.8, 4) is 0 Å². The van der Waals surface area contributed by atoms with E-state index in [1.165, 1.54) is 11.8 Å². The van der Waals surface area contributed by atoms with Crippen LogP contribution in [-0.2, 0) is 17.9 Å². The summed E-state index contributed by atoms with van der Waals surface area (Å²) in [6.45, 7) is 12.2. The Morgan fingerprint density at radius 2 is 1.64 bits per heavy atom. The van der Waals surface area contributed by atoms with E-state index in [0.717, 1.165) is 12.1 Å². The minimum absolute atomic E-state index is 0.0625. The van der Waals surface area contributed by atoms with Gasteiger partial charge in [0.1, 0.15) is 0 Å². The standard InChI is InChI=1S/C26H34N4O2S/c1-18(2)29(19(3)4)15-16-30-25(32)22-13-9-10-14-23(22)28-26(30)33-20(5)24(31)27-17-21-11-7-6-8-12-21/h6-14,18-20H,15-17H2,1-5H3,(H,27,31). The number of nitrogens with one attached hydrogen (secondary N) is 1. The Hall–Kier alpha value is -2.64. The maximum atomic E-state index is 13.4. The van der Waals surface area contributed by atoms with E-state index >= 15 is 0 Å². The molecule has 1 atom stereocenters. The van der Waals surface area contributed by atoms with Crippen LogP contribution in [-0.4, -0.2) is 44.2 Å². The fraction of sp³-hybridized carbons (Fsp3) is 0.423. The van der Waals surface area contributed by atoms with Crippen LogP contribution in [0.25, 0.3) is 10.9 Å². The second kappa shape index (κ2) is 11.5. The molecule has 1 aromatic heterocycles. The van der Waals surface area contributed by atoms with Crippen molar-refractivity contribution >= 4 is 28.6 Å².